The number of amides is 1. The molecule has 5 heteroatoms. The largest absolute Gasteiger partial charge is 0.388 e. The number of nitrogens with zero attached hydrogens (tertiary/aromatic N) is 1. The molecule has 14 heavy (non-hydrogen) atoms. The number of likely N-dealkylation sites (tertiary alicyclic amines) is 1. The number of hydrogen-bond donors (Lipinski definition) is 3. The van der Waals surface area contributed by atoms with E-state index in [0.29, 0.717) is 25.9 Å². The van der Waals surface area contributed by atoms with Crippen LogP contribution in [0.15, 0.2) is 0 Å². The highest BCUT2D eigenvalue weighted by Crippen LogP contribution is 2.21. The number of rotatable bonds is 2. The molecule has 0 saturated carbocycles. The lowest BCUT2D eigenvalue weighted by Crippen LogP contribution is -2.51. The van der Waals surface area contributed by atoms with Crippen LogP contribution in [0.3, 0.4) is 0 Å². The van der Waals surface area contributed by atoms with Crippen molar-refractivity contribution >= 4 is 5.91 Å². The van der Waals surface area contributed by atoms with Gasteiger partial charge in [-0.2, -0.15) is 0 Å². The van der Waals surface area contributed by atoms with Crippen LogP contribution in [0.5, 0.6) is 0 Å². The zero-order valence-corrected chi connectivity index (χ0v) is 8.44. The normalized spacial score (nSPS) is 23.3. The molecule has 0 aromatic carbocycles. The first-order valence-electron chi connectivity index (χ1n) is 4.88. The van der Waals surface area contributed by atoms with Crippen LogP contribution in [0, 0.1) is 0 Å². The molecule has 1 rings (SSSR count). The highest BCUT2D eigenvalue weighted by atomic mass is 16.3. The molecular formula is C9H18N2O3. The van der Waals surface area contributed by atoms with Crippen molar-refractivity contribution < 1.29 is 15.0 Å². The number of hydrogen-bond acceptors (Lipinski definition) is 4. The van der Waals surface area contributed by atoms with Gasteiger partial charge in [-0.3, -0.25) is 4.79 Å². The maximum Gasteiger partial charge on any atom is 0.251 e. The van der Waals surface area contributed by atoms with Crippen molar-refractivity contribution in [2.24, 2.45) is 5.73 Å². The molecule has 0 aliphatic carbocycles. The van der Waals surface area contributed by atoms with E-state index < -0.39 is 11.7 Å². The van der Waals surface area contributed by atoms with Gasteiger partial charge in [0.1, 0.15) is 6.10 Å². The average molecular weight is 202 g/mol. The van der Waals surface area contributed by atoms with Crippen LogP contribution < -0.4 is 5.73 Å². The minimum Gasteiger partial charge on any atom is -0.388 e. The van der Waals surface area contributed by atoms with Crippen molar-refractivity contribution in [3.63, 3.8) is 0 Å². The Hall–Kier alpha value is -0.650. The summed E-state index contributed by atoms with van der Waals surface area (Å²) in [5.74, 6) is -0.274. The summed E-state index contributed by atoms with van der Waals surface area (Å²) in [4.78, 5) is 12.9. The van der Waals surface area contributed by atoms with Gasteiger partial charge >= 0.3 is 0 Å². The van der Waals surface area contributed by atoms with E-state index in [2.05, 4.69) is 0 Å². The van der Waals surface area contributed by atoms with E-state index in [4.69, 9.17) is 10.8 Å². The summed E-state index contributed by atoms with van der Waals surface area (Å²) >= 11 is 0. The zero-order chi connectivity index (χ0) is 10.8. The molecule has 1 aliphatic heterocycles. The Balaban J connectivity index is 2.47. The third kappa shape index (κ3) is 2.43. The first-order chi connectivity index (χ1) is 6.48. The van der Waals surface area contributed by atoms with E-state index >= 15 is 0 Å². The maximum absolute atomic E-state index is 11.4. The number of piperidine rings is 1. The van der Waals surface area contributed by atoms with Gasteiger partial charge < -0.3 is 20.8 Å². The zero-order valence-electron chi connectivity index (χ0n) is 8.44. The SMILES string of the molecule is C[C@H](O)C(=O)N1CCC(O)(CN)CC1. The van der Waals surface area contributed by atoms with E-state index in [-0.39, 0.29) is 12.5 Å². The van der Waals surface area contributed by atoms with Crippen LogP contribution in [0.4, 0.5) is 0 Å². The monoisotopic (exact) mass is 202 g/mol. The molecule has 0 aromatic rings. The molecule has 1 saturated heterocycles. The second kappa shape index (κ2) is 4.25. The van der Waals surface area contributed by atoms with Gasteiger partial charge in [0.15, 0.2) is 0 Å². The topological polar surface area (TPSA) is 86.8 Å². The van der Waals surface area contributed by atoms with E-state index in [1.165, 1.54) is 6.92 Å². The third-order valence-electron chi connectivity index (χ3n) is 2.74. The number of nitrogens with two attached hydrogens (primary N) is 1. The van der Waals surface area contributed by atoms with Crippen LogP contribution in [-0.4, -0.2) is 52.4 Å². The lowest BCUT2D eigenvalue weighted by Gasteiger charge is -2.37. The number of carbonyl (C=O) groups is 1. The second-order valence-corrected chi connectivity index (χ2v) is 3.93. The molecular weight excluding hydrogens is 184 g/mol. The fourth-order valence-electron chi connectivity index (χ4n) is 1.61. The maximum atomic E-state index is 11.4. The van der Waals surface area contributed by atoms with Gasteiger partial charge in [0.2, 0.25) is 0 Å². The molecule has 1 amide bonds. The van der Waals surface area contributed by atoms with Crippen molar-refractivity contribution in [3.8, 4) is 0 Å². The molecule has 1 aliphatic rings. The van der Waals surface area contributed by atoms with Crippen LogP contribution >= 0.6 is 0 Å². The molecule has 0 aromatic heterocycles. The van der Waals surface area contributed by atoms with E-state index in [0.717, 1.165) is 0 Å². The minimum atomic E-state index is -0.959. The van der Waals surface area contributed by atoms with Crippen molar-refractivity contribution in [2.75, 3.05) is 19.6 Å². The summed E-state index contributed by atoms with van der Waals surface area (Å²) in [6.07, 6.45) is 0.0169. The van der Waals surface area contributed by atoms with Gasteiger partial charge in [-0.05, 0) is 19.8 Å². The summed E-state index contributed by atoms with van der Waals surface area (Å²) in [6.45, 7) is 2.62. The molecule has 82 valence electrons. The Morgan fingerprint density at radius 1 is 1.57 bits per heavy atom. The molecule has 1 heterocycles. The molecule has 5 nitrogen and oxygen atoms in total. The quantitative estimate of drug-likeness (QED) is 0.518. The predicted molar refractivity (Wildman–Crippen MR) is 51.5 cm³/mol. The van der Waals surface area contributed by atoms with E-state index in [9.17, 15) is 9.90 Å². The van der Waals surface area contributed by atoms with Crippen LogP contribution in [0.1, 0.15) is 19.8 Å². The van der Waals surface area contributed by atoms with E-state index in [1.54, 1.807) is 4.90 Å². The molecule has 4 N–H and O–H groups in total. The number of aliphatic hydroxyl groups is 2. The highest BCUT2D eigenvalue weighted by Gasteiger charge is 2.33. The van der Waals surface area contributed by atoms with Crippen molar-refractivity contribution in [3.05, 3.63) is 0 Å². The highest BCUT2D eigenvalue weighted by molar-refractivity contribution is 5.80. The Bertz CT molecular complexity index is 210. The van der Waals surface area contributed by atoms with Crippen LogP contribution in [-0.2, 0) is 4.79 Å². The predicted octanol–water partition coefficient (Wildman–Crippen LogP) is -1.32. The summed E-state index contributed by atoms with van der Waals surface area (Å²) in [5, 5.41) is 18.9. The molecule has 1 atom stereocenters. The first-order valence-corrected chi connectivity index (χ1v) is 4.88. The van der Waals surface area contributed by atoms with E-state index in [1.807, 2.05) is 0 Å². The molecule has 0 spiro atoms. The standard InChI is InChI=1S/C9H18N2O3/c1-7(12)8(13)11-4-2-9(14,6-10)3-5-11/h7,12,14H,2-6,10H2,1H3/t7-/m0/s1. The summed E-state index contributed by atoms with van der Waals surface area (Å²) < 4.78 is 0. The van der Waals surface area contributed by atoms with Gasteiger partial charge in [0.05, 0.1) is 5.60 Å². The van der Waals surface area contributed by atoms with Crippen LogP contribution in [0.25, 0.3) is 0 Å². The minimum absolute atomic E-state index is 0.226. The fraction of sp³-hybridized carbons (Fsp3) is 0.889. The number of aliphatic hydroxyl groups excluding tert-OH is 1. The molecule has 0 unspecified atom stereocenters. The smallest absolute Gasteiger partial charge is 0.251 e. The molecule has 0 bridgehead atoms. The van der Waals surface area contributed by atoms with Gasteiger partial charge in [-0.25, -0.2) is 0 Å². The lowest BCUT2D eigenvalue weighted by molar-refractivity contribution is -0.143. The lowest BCUT2D eigenvalue weighted by atomic mass is 9.91. The van der Waals surface area contributed by atoms with Gasteiger partial charge in [-0.1, -0.05) is 0 Å². The summed E-state index contributed by atoms with van der Waals surface area (Å²) in [7, 11) is 0. The Labute approximate surface area is 83.5 Å². The molecule has 0 radical (unpaired) electrons. The summed E-state index contributed by atoms with van der Waals surface area (Å²) in [5.41, 5.74) is 4.59. The summed E-state index contributed by atoms with van der Waals surface area (Å²) in [6, 6.07) is 0. The third-order valence-corrected chi connectivity index (χ3v) is 2.74. The van der Waals surface area contributed by atoms with Gasteiger partial charge in [-0.15, -0.1) is 0 Å². The van der Waals surface area contributed by atoms with Crippen molar-refractivity contribution in [1.29, 1.82) is 0 Å². The average Bonchev–Trinajstić information content (AvgIpc) is 2.18. The van der Waals surface area contributed by atoms with Crippen molar-refractivity contribution in [2.45, 2.75) is 31.5 Å². The van der Waals surface area contributed by atoms with Crippen molar-refractivity contribution in [1.82, 2.24) is 4.90 Å². The fourth-order valence-corrected chi connectivity index (χ4v) is 1.61. The Morgan fingerprint density at radius 2 is 2.07 bits per heavy atom. The number of carbonyl (C=O) groups excluding carboxylic acids is 1. The Kier molecular flexibility index (Phi) is 3.47. The first kappa shape index (κ1) is 11.4. The van der Waals surface area contributed by atoms with Gasteiger partial charge in [0.25, 0.3) is 5.91 Å². The Morgan fingerprint density at radius 3 is 2.43 bits per heavy atom. The second-order valence-electron chi connectivity index (χ2n) is 3.93. The van der Waals surface area contributed by atoms with Gasteiger partial charge in [0, 0.05) is 19.6 Å². The molecule has 1 fully saturated rings. The van der Waals surface area contributed by atoms with Crippen LogP contribution in [0.2, 0.25) is 0 Å².